The molecule has 0 heterocycles. The SMILES string of the molecule is CC(c1ccccc1O)N(C)C(=O)C1CCCC1(C)C. The van der Waals surface area contributed by atoms with Crippen LogP contribution in [0.25, 0.3) is 0 Å². The molecule has 2 rings (SSSR count). The Morgan fingerprint density at radius 1 is 1.40 bits per heavy atom. The highest BCUT2D eigenvalue weighted by Gasteiger charge is 2.41. The number of hydrogen-bond donors (Lipinski definition) is 1. The van der Waals surface area contributed by atoms with Gasteiger partial charge in [-0.25, -0.2) is 0 Å². The molecule has 3 nitrogen and oxygen atoms in total. The summed E-state index contributed by atoms with van der Waals surface area (Å²) in [5, 5.41) is 9.94. The fourth-order valence-electron chi connectivity index (χ4n) is 3.27. The summed E-state index contributed by atoms with van der Waals surface area (Å²) in [5.74, 6) is 0.550. The second kappa shape index (κ2) is 5.47. The van der Waals surface area contributed by atoms with E-state index >= 15 is 0 Å². The van der Waals surface area contributed by atoms with Crippen LogP contribution in [0.2, 0.25) is 0 Å². The predicted molar refractivity (Wildman–Crippen MR) is 80.4 cm³/mol. The standard InChI is InChI=1S/C17H25NO2/c1-12(13-8-5-6-10-15(13)19)18(4)16(20)14-9-7-11-17(14,2)3/h5-6,8,10,12,14,19H,7,9,11H2,1-4H3. The lowest BCUT2D eigenvalue weighted by Gasteiger charge is -2.33. The molecule has 1 aromatic rings. The molecule has 1 saturated carbocycles. The third kappa shape index (κ3) is 2.67. The maximum Gasteiger partial charge on any atom is 0.226 e. The van der Waals surface area contributed by atoms with E-state index in [1.54, 1.807) is 17.0 Å². The lowest BCUT2D eigenvalue weighted by atomic mass is 9.81. The first-order valence-electron chi connectivity index (χ1n) is 7.39. The fourth-order valence-corrected chi connectivity index (χ4v) is 3.27. The van der Waals surface area contributed by atoms with Gasteiger partial charge in [-0.05, 0) is 31.2 Å². The minimum atomic E-state index is -0.111. The number of benzene rings is 1. The monoisotopic (exact) mass is 275 g/mol. The van der Waals surface area contributed by atoms with Gasteiger partial charge < -0.3 is 10.0 Å². The molecule has 0 saturated heterocycles. The molecule has 2 unspecified atom stereocenters. The van der Waals surface area contributed by atoms with Gasteiger partial charge in [0.05, 0.1) is 6.04 Å². The van der Waals surface area contributed by atoms with Gasteiger partial charge in [-0.3, -0.25) is 4.79 Å². The van der Waals surface area contributed by atoms with Crippen molar-refractivity contribution in [3.63, 3.8) is 0 Å². The highest BCUT2D eigenvalue weighted by molar-refractivity contribution is 5.80. The highest BCUT2D eigenvalue weighted by Crippen LogP contribution is 2.44. The Kier molecular flexibility index (Phi) is 4.07. The number of rotatable bonds is 3. The van der Waals surface area contributed by atoms with Crippen molar-refractivity contribution in [2.45, 2.75) is 46.1 Å². The summed E-state index contributed by atoms with van der Waals surface area (Å²) in [5.41, 5.74) is 0.892. The summed E-state index contributed by atoms with van der Waals surface area (Å²) in [7, 11) is 1.84. The lowest BCUT2D eigenvalue weighted by molar-refractivity contribution is -0.139. The van der Waals surface area contributed by atoms with Crippen LogP contribution < -0.4 is 0 Å². The molecule has 1 amide bonds. The van der Waals surface area contributed by atoms with E-state index in [9.17, 15) is 9.90 Å². The van der Waals surface area contributed by atoms with Gasteiger partial charge >= 0.3 is 0 Å². The summed E-state index contributed by atoms with van der Waals surface area (Å²) in [4.78, 5) is 14.5. The van der Waals surface area contributed by atoms with E-state index in [-0.39, 0.29) is 29.0 Å². The molecule has 0 aromatic heterocycles. The number of phenolic OH excluding ortho intramolecular Hbond substituents is 1. The van der Waals surface area contributed by atoms with Gasteiger partial charge in [0.15, 0.2) is 0 Å². The molecule has 3 heteroatoms. The first kappa shape index (κ1) is 14.9. The van der Waals surface area contributed by atoms with Crippen molar-refractivity contribution in [1.82, 2.24) is 4.90 Å². The highest BCUT2D eigenvalue weighted by atomic mass is 16.3. The maximum atomic E-state index is 12.7. The Hall–Kier alpha value is -1.51. The van der Waals surface area contributed by atoms with E-state index in [2.05, 4.69) is 13.8 Å². The fraction of sp³-hybridized carbons (Fsp3) is 0.588. The van der Waals surface area contributed by atoms with E-state index in [1.165, 1.54) is 0 Å². The second-order valence-electron chi connectivity index (χ2n) is 6.62. The van der Waals surface area contributed by atoms with Crippen LogP contribution in [-0.4, -0.2) is 23.0 Å². The number of hydrogen-bond acceptors (Lipinski definition) is 2. The number of nitrogens with zero attached hydrogens (tertiary/aromatic N) is 1. The molecular formula is C17H25NO2. The first-order chi connectivity index (χ1) is 9.34. The van der Waals surface area contributed by atoms with Crippen LogP contribution in [0.5, 0.6) is 5.75 Å². The Labute approximate surface area is 121 Å². The zero-order chi connectivity index (χ0) is 14.9. The molecule has 1 aromatic carbocycles. The van der Waals surface area contributed by atoms with Crippen molar-refractivity contribution < 1.29 is 9.90 Å². The van der Waals surface area contributed by atoms with Crippen molar-refractivity contribution in [2.75, 3.05) is 7.05 Å². The molecule has 0 bridgehead atoms. The van der Waals surface area contributed by atoms with Crippen molar-refractivity contribution in [3.05, 3.63) is 29.8 Å². The van der Waals surface area contributed by atoms with Crippen LogP contribution in [0, 0.1) is 11.3 Å². The smallest absolute Gasteiger partial charge is 0.226 e. The topological polar surface area (TPSA) is 40.5 Å². The minimum Gasteiger partial charge on any atom is -0.508 e. The van der Waals surface area contributed by atoms with E-state index < -0.39 is 0 Å². The van der Waals surface area contributed by atoms with E-state index in [0.29, 0.717) is 0 Å². The molecule has 2 atom stereocenters. The quantitative estimate of drug-likeness (QED) is 0.913. The van der Waals surface area contributed by atoms with Gasteiger partial charge in [0, 0.05) is 18.5 Å². The van der Waals surface area contributed by atoms with Crippen LogP contribution in [-0.2, 0) is 4.79 Å². The molecule has 0 radical (unpaired) electrons. The number of phenols is 1. The van der Waals surface area contributed by atoms with Gasteiger partial charge in [0.25, 0.3) is 0 Å². The zero-order valence-corrected chi connectivity index (χ0v) is 12.9. The average Bonchev–Trinajstić information content (AvgIpc) is 2.76. The Morgan fingerprint density at radius 2 is 2.05 bits per heavy atom. The van der Waals surface area contributed by atoms with Crippen LogP contribution in [0.15, 0.2) is 24.3 Å². The van der Waals surface area contributed by atoms with Crippen LogP contribution in [0.4, 0.5) is 0 Å². The van der Waals surface area contributed by atoms with Crippen LogP contribution in [0.1, 0.15) is 51.6 Å². The first-order valence-corrected chi connectivity index (χ1v) is 7.39. The number of amides is 1. The average molecular weight is 275 g/mol. The van der Waals surface area contributed by atoms with Crippen molar-refractivity contribution in [2.24, 2.45) is 11.3 Å². The van der Waals surface area contributed by atoms with Gasteiger partial charge in [-0.2, -0.15) is 0 Å². The Bertz CT molecular complexity index is 496. The Morgan fingerprint density at radius 3 is 2.60 bits per heavy atom. The number of para-hydroxylation sites is 1. The molecule has 0 aliphatic heterocycles. The van der Waals surface area contributed by atoms with Crippen LogP contribution >= 0.6 is 0 Å². The summed E-state index contributed by atoms with van der Waals surface area (Å²) < 4.78 is 0. The number of carbonyl (C=O) groups excluding carboxylic acids is 1. The largest absolute Gasteiger partial charge is 0.508 e. The van der Waals surface area contributed by atoms with Gasteiger partial charge in [0.1, 0.15) is 5.75 Å². The lowest BCUT2D eigenvalue weighted by Crippen LogP contribution is -2.39. The van der Waals surface area contributed by atoms with Crippen LogP contribution in [0.3, 0.4) is 0 Å². The second-order valence-corrected chi connectivity index (χ2v) is 6.62. The van der Waals surface area contributed by atoms with E-state index in [4.69, 9.17) is 0 Å². The molecule has 20 heavy (non-hydrogen) atoms. The summed E-state index contributed by atoms with van der Waals surface area (Å²) >= 11 is 0. The third-order valence-electron chi connectivity index (χ3n) is 4.87. The van der Waals surface area contributed by atoms with Crippen molar-refractivity contribution in [3.8, 4) is 5.75 Å². The maximum absolute atomic E-state index is 12.7. The van der Waals surface area contributed by atoms with E-state index in [1.807, 2.05) is 26.1 Å². The van der Waals surface area contributed by atoms with E-state index in [0.717, 1.165) is 24.8 Å². The molecule has 0 spiro atoms. The predicted octanol–water partition coefficient (Wildman–Crippen LogP) is 3.74. The van der Waals surface area contributed by atoms with Gasteiger partial charge in [0.2, 0.25) is 5.91 Å². The van der Waals surface area contributed by atoms with Gasteiger partial charge in [-0.15, -0.1) is 0 Å². The molecule has 1 aliphatic rings. The number of carbonyl (C=O) groups is 1. The summed E-state index contributed by atoms with van der Waals surface area (Å²) in [6.45, 7) is 6.33. The summed E-state index contributed by atoms with van der Waals surface area (Å²) in [6.07, 6.45) is 3.22. The zero-order valence-electron chi connectivity index (χ0n) is 12.9. The van der Waals surface area contributed by atoms with Crippen molar-refractivity contribution in [1.29, 1.82) is 0 Å². The van der Waals surface area contributed by atoms with Crippen molar-refractivity contribution >= 4 is 5.91 Å². The number of aromatic hydroxyl groups is 1. The van der Waals surface area contributed by atoms with Gasteiger partial charge in [-0.1, -0.05) is 38.5 Å². The Balaban J connectivity index is 2.17. The summed E-state index contributed by atoms with van der Waals surface area (Å²) in [6, 6.07) is 7.13. The normalized spacial score (nSPS) is 22.5. The molecule has 110 valence electrons. The third-order valence-corrected chi connectivity index (χ3v) is 4.87. The molecular weight excluding hydrogens is 250 g/mol. The molecule has 1 aliphatic carbocycles. The molecule has 1 fully saturated rings. The minimum absolute atomic E-state index is 0.0871. The molecule has 1 N–H and O–H groups in total.